The first-order valence-corrected chi connectivity index (χ1v) is 22.4. The van der Waals surface area contributed by atoms with E-state index in [-0.39, 0.29) is 10.8 Å². The monoisotopic (exact) mass is 756 g/mol. The van der Waals surface area contributed by atoms with Crippen molar-refractivity contribution in [3.63, 3.8) is 0 Å². The summed E-state index contributed by atoms with van der Waals surface area (Å²) < 4.78 is 9.28. The number of furan rings is 1. The second kappa shape index (κ2) is 11.7. The molecule has 0 aliphatic heterocycles. The normalized spacial score (nSPS) is 30.8. The molecule has 8 aromatic rings. The van der Waals surface area contributed by atoms with Gasteiger partial charge in [0, 0.05) is 38.1 Å². The van der Waals surface area contributed by atoms with E-state index in [0.29, 0.717) is 0 Å². The van der Waals surface area contributed by atoms with Crippen LogP contribution in [0.3, 0.4) is 0 Å². The number of hydrogen-bond acceptors (Lipinski definition) is 4. The SMILES string of the molecule is c1ccc(-c2cccc(-c3nc(C45CC6CC(CC(C6)C4)C5)nc(C45CC6CC(CC(C6)C4)C5)n3)c2-n2c3ccccc3c3c4oc5ccccc5c4ccc32)cc1. The van der Waals surface area contributed by atoms with Gasteiger partial charge < -0.3 is 8.98 Å². The molecule has 8 fully saturated rings. The van der Waals surface area contributed by atoms with Crippen LogP contribution in [-0.4, -0.2) is 19.5 Å². The highest BCUT2D eigenvalue weighted by Gasteiger charge is 2.56. The topological polar surface area (TPSA) is 56.7 Å². The summed E-state index contributed by atoms with van der Waals surface area (Å²) in [7, 11) is 0. The molecule has 8 bridgehead atoms. The largest absolute Gasteiger partial charge is 0.455 e. The predicted molar refractivity (Wildman–Crippen MR) is 232 cm³/mol. The smallest absolute Gasteiger partial charge is 0.165 e. The van der Waals surface area contributed by atoms with Crippen LogP contribution in [-0.2, 0) is 10.8 Å². The van der Waals surface area contributed by atoms with Crippen LogP contribution in [0.25, 0.3) is 71.9 Å². The minimum atomic E-state index is 0.0699. The molecule has 0 radical (unpaired) electrons. The second-order valence-electron chi connectivity index (χ2n) is 20.1. The summed E-state index contributed by atoms with van der Waals surface area (Å²) in [6.45, 7) is 0. The number of rotatable bonds is 5. The molecule has 16 rings (SSSR count). The molecule has 8 aliphatic rings. The Morgan fingerprint density at radius 1 is 0.466 bits per heavy atom. The first kappa shape index (κ1) is 32.6. The van der Waals surface area contributed by atoms with Gasteiger partial charge in [0.15, 0.2) is 5.82 Å². The minimum absolute atomic E-state index is 0.0699. The third-order valence-corrected chi connectivity index (χ3v) is 16.4. The van der Waals surface area contributed by atoms with E-state index in [1.165, 1.54) is 93.6 Å². The molecule has 3 aromatic heterocycles. The van der Waals surface area contributed by atoms with Crippen molar-refractivity contribution in [1.82, 2.24) is 19.5 Å². The Bertz CT molecular complexity index is 2860. The van der Waals surface area contributed by atoms with Gasteiger partial charge in [-0.05, 0) is 148 Å². The highest BCUT2D eigenvalue weighted by molar-refractivity contribution is 6.24. The van der Waals surface area contributed by atoms with Crippen LogP contribution in [0.1, 0.15) is 88.7 Å². The molecule has 5 heteroatoms. The lowest BCUT2D eigenvalue weighted by molar-refractivity contribution is -0.0155. The number of aromatic nitrogens is 4. The summed E-state index contributed by atoms with van der Waals surface area (Å²) in [5.74, 6) is 8.04. The van der Waals surface area contributed by atoms with E-state index in [0.717, 1.165) is 103 Å². The van der Waals surface area contributed by atoms with Crippen molar-refractivity contribution in [2.24, 2.45) is 35.5 Å². The molecule has 0 spiro atoms. The van der Waals surface area contributed by atoms with E-state index in [4.69, 9.17) is 19.4 Å². The molecule has 3 heterocycles. The van der Waals surface area contributed by atoms with Crippen molar-refractivity contribution in [2.75, 3.05) is 0 Å². The Labute approximate surface area is 338 Å². The molecule has 0 unspecified atom stereocenters. The second-order valence-corrected chi connectivity index (χ2v) is 20.1. The Kier molecular flexibility index (Phi) is 6.57. The average molecular weight is 757 g/mol. The van der Waals surface area contributed by atoms with E-state index >= 15 is 0 Å². The zero-order valence-electron chi connectivity index (χ0n) is 33.0. The van der Waals surface area contributed by atoms with Crippen molar-refractivity contribution in [3.05, 3.63) is 121 Å². The highest BCUT2D eigenvalue weighted by atomic mass is 16.3. The van der Waals surface area contributed by atoms with Crippen LogP contribution >= 0.6 is 0 Å². The lowest BCUT2D eigenvalue weighted by Gasteiger charge is -2.57. The standard InChI is InChI=1S/C53H48N4O/c1-2-9-37(10-3-1)38-13-8-14-42(47(38)57-43-15-6-4-12-41(43)46-44(57)18-17-40-39-11-5-7-16-45(39)58-48(40)46)49-54-50(52-25-31-19-32(26-52)21-33(20-31)27-52)56-51(55-49)53-28-34-22-35(29-53)24-36(23-34)30-53/h1-18,31-36H,19-30H2. The van der Waals surface area contributed by atoms with Crippen molar-refractivity contribution < 1.29 is 4.42 Å². The van der Waals surface area contributed by atoms with Gasteiger partial charge in [-0.2, -0.15) is 0 Å². The van der Waals surface area contributed by atoms with Gasteiger partial charge in [-0.15, -0.1) is 0 Å². The quantitative estimate of drug-likeness (QED) is 0.175. The maximum Gasteiger partial charge on any atom is 0.165 e. The maximum atomic E-state index is 6.77. The van der Waals surface area contributed by atoms with Crippen LogP contribution in [0.2, 0.25) is 0 Å². The summed E-state index contributed by atoms with van der Waals surface area (Å²) >= 11 is 0. The Hall–Kier alpha value is -5.29. The summed E-state index contributed by atoms with van der Waals surface area (Å²) in [5, 5.41) is 4.65. The molecular formula is C53H48N4O. The fourth-order valence-electron chi connectivity index (χ4n) is 15.0. The van der Waals surface area contributed by atoms with Gasteiger partial charge >= 0.3 is 0 Å². The first-order chi connectivity index (χ1) is 28.6. The zero-order chi connectivity index (χ0) is 37.7. The van der Waals surface area contributed by atoms with Crippen LogP contribution in [0.15, 0.2) is 114 Å². The molecule has 8 aliphatic carbocycles. The van der Waals surface area contributed by atoms with Crippen molar-refractivity contribution in [3.8, 4) is 28.2 Å². The van der Waals surface area contributed by atoms with Crippen LogP contribution in [0.5, 0.6) is 0 Å². The summed E-state index contributed by atoms with van der Waals surface area (Å²) in [6, 6.07) is 39.7. The summed E-state index contributed by atoms with van der Waals surface area (Å²) in [5.41, 5.74) is 8.89. The lowest BCUT2D eigenvalue weighted by atomic mass is 9.49. The predicted octanol–water partition coefficient (Wildman–Crippen LogP) is 13.1. The molecule has 5 aromatic carbocycles. The van der Waals surface area contributed by atoms with Gasteiger partial charge in [0.2, 0.25) is 0 Å². The number of nitrogens with zero attached hydrogens (tertiary/aromatic N) is 4. The van der Waals surface area contributed by atoms with Crippen LogP contribution in [0.4, 0.5) is 0 Å². The Morgan fingerprint density at radius 2 is 1.02 bits per heavy atom. The van der Waals surface area contributed by atoms with Crippen molar-refractivity contribution in [2.45, 2.75) is 87.9 Å². The van der Waals surface area contributed by atoms with E-state index in [1.807, 2.05) is 0 Å². The van der Waals surface area contributed by atoms with Gasteiger partial charge in [-0.1, -0.05) is 78.9 Å². The lowest BCUT2D eigenvalue weighted by Crippen LogP contribution is -2.51. The summed E-state index contributed by atoms with van der Waals surface area (Å²) in [6.07, 6.45) is 16.0. The van der Waals surface area contributed by atoms with Gasteiger partial charge in [-0.3, -0.25) is 0 Å². The van der Waals surface area contributed by atoms with Gasteiger partial charge in [-0.25, -0.2) is 15.0 Å². The molecule has 0 atom stereocenters. The van der Waals surface area contributed by atoms with Gasteiger partial charge in [0.1, 0.15) is 22.8 Å². The maximum absolute atomic E-state index is 6.77. The molecular weight excluding hydrogens is 709 g/mol. The third-order valence-electron chi connectivity index (χ3n) is 16.4. The molecule has 0 N–H and O–H groups in total. The average Bonchev–Trinajstić information content (AvgIpc) is 3.78. The number of fused-ring (bicyclic) bond motifs is 7. The molecule has 5 nitrogen and oxygen atoms in total. The Morgan fingerprint density at radius 3 is 1.66 bits per heavy atom. The number of para-hydroxylation sites is 3. The van der Waals surface area contributed by atoms with E-state index in [9.17, 15) is 0 Å². The fourth-order valence-corrected chi connectivity index (χ4v) is 15.0. The molecule has 286 valence electrons. The van der Waals surface area contributed by atoms with E-state index in [2.05, 4.69) is 114 Å². The van der Waals surface area contributed by atoms with Crippen LogP contribution < -0.4 is 0 Å². The van der Waals surface area contributed by atoms with Crippen molar-refractivity contribution in [1.29, 1.82) is 0 Å². The molecule has 58 heavy (non-hydrogen) atoms. The third kappa shape index (κ3) is 4.56. The fraction of sp³-hybridized carbons (Fsp3) is 0.377. The zero-order valence-corrected chi connectivity index (χ0v) is 33.0. The van der Waals surface area contributed by atoms with Gasteiger partial charge in [0.05, 0.1) is 22.1 Å². The van der Waals surface area contributed by atoms with E-state index in [1.54, 1.807) is 0 Å². The van der Waals surface area contributed by atoms with E-state index < -0.39 is 0 Å². The van der Waals surface area contributed by atoms with Crippen LogP contribution in [0, 0.1) is 35.5 Å². The van der Waals surface area contributed by atoms with Gasteiger partial charge in [0.25, 0.3) is 0 Å². The highest BCUT2D eigenvalue weighted by Crippen LogP contribution is 2.63. The van der Waals surface area contributed by atoms with Crippen molar-refractivity contribution >= 4 is 43.7 Å². The molecule has 8 saturated carbocycles. The summed E-state index contributed by atoms with van der Waals surface area (Å²) in [4.78, 5) is 17.4. The molecule has 0 saturated heterocycles. The molecule has 0 amide bonds. The Balaban J connectivity index is 1.07. The number of hydrogen-bond donors (Lipinski definition) is 0. The minimum Gasteiger partial charge on any atom is -0.455 e. The first-order valence-electron chi connectivity index (χ1n) is 22.4. The number of benzene rings is 5.